The van der Waals surface area contributed by atoms with Gasteiger partial charge in [0.2, 0.25) is 11.8 Å². The lowest BCUT2D eigenvalue weighted by Crippen LogP contribution is -2.42. The van der Waals surface area contributed by atoms with Crippen molar-refractivity contribution in [2.75, 3.05) is 16.8 Å². The number of aromatic nitrogens is 1. The molecule has 1 aromatic heterocycles. The molecule has 2 aliphatic carbocycles. The molecule has 2 bridgehead atoms. The monoisotopic (exact) mass is 745 g/mol. The summed E-state index contributed by atoms with van der Waals surface area (Å²) < 4.78 is 87.4. The Hall–Kier alpha value is -4.57. The molecule has 2 N–H and O–H groups in total. The summed E-state index contributed by atoms with van der Waals surface area (Å²) in [6, 6.07) is 15.8. The van der Waals surface area contributed by atoms with E-state index >= 15 is 0 Å². The van der Waals surface area contributed by atoms with Gasteiger partial charge in [-0.25, -0.2) is 4.90 Å². The Morgan fingerprint density at radius 1 is 0.843 bits per heavy atom. The number of carbonyl (C=O) groups is 3. The van der Waals surface area contributed by atoms with Crippen molar-refractivity contribution >= 4 is 52.2 Å². The van der Waals surface area contributed by atoms with Crippen LogP contribution in [0.5, 0.6) is 5.75 Å². The number of para-hydroxylation sites is 2. The SMILES string of the molecule is O=C(COc1ccc([C@H]2c3sc(=O)[nH]c3SC3C4CC(C5C(=O)N(c6ccccc6C(F)(F)F)C(=O)C45)C32)cc1)Nc1ccccc1C(F)(F)F. The Balaban J connectivity index is 1.05. The van der Waals surface area contributed by atoms with E-state index in [1.54, 1.807) is 24.3 Å². The van der Waals surface area contributed by atoms with Gasteiger partial charge in [0.25, 0.3) is 5.91 Å². The minimum Gasteiger partial charge on any atom is -0.484 e. The summed E-state index contributed by atoms with van der Waals surface area (Å²) in [7, 11) is 0. The summed E-state index contributed by atoms with van der Waals surface area (Å²) in [6.45, 7) is -0.573. The molecule has 3 aromatic carbocycles. The van der Waals surface area contributed by atoms with Crippen LogP contribution < -0.4 is 19.8 Å². The van der Waals surface area contributed by atoms with Crippen LogP contribution in [-0.2, 0) is 26.7 Å². The molecular formula is C35H25F6N3O5S2. The van der Waals surface area contributed by atoms with Crippen molar-refractivity contribution < 1.29 is 45.5 Å². The normalized spacial score (nSPS) is 26.5. The first-order valence-electron chi connectivity index (χ1n) is 15.8. The van der Waals surface area contributed by atoms with Crippen LogP contribution in [0.4, 0.5) is 37.7 Å². The van der Waals surface area contributed by atoms with Crippen LogP contribution in [0.25, 0.3) is 0 Å². The van der Waals surface area contributed by atoms with Crippen molar-refractivity contribution in [1.29, 1.82) is 0 Å². The number of aromatic amines is 1. The molecule has 51 heavy (non-hydrogen) atoms. The predicted octanol–water partition coefficient (Wildman–Crippen LogP) is 7.17. The molecule has 0 spiro atoms. The van der Waals surface area contributed by atoms with Gasteiger partial charge in [0.05, 0.1) is 39.4 Å². The van der Waals surface area contributed by atoms with Crippen LogP contribution in [0.15, 0.2) is 82.6 Å². The number of nitrogens with zero attached hydrogens (tertiary/aromatic N) is 1. The summed E-state index contributed by atoms with van der Waals surface area (Å²) in [5.41, 5.74) is -2.17. The van der Waals surface area contributed by atoms with Crippen LogP contribution in [0.3, 0.4) is 0 Å². The third-order valence-electron chi connectivity index (χ3n) is 10.3. The van der Waals surface area contributed by atoms with E-state index in [0.29, 0.717) is 11.4 Å². The number of thiazole rings is 1. The van der Waals surface area contributed by atoms with E-state index in [1.165, 1.54) is 36.0 Å². The van der Waals surface area contributed by atoms with Crippen LogP contribution >= 0.6 is 23.1 Å². The topological polar surface area (TPSA) is 109 Å². The summed E-state index contributed by atoms with van der Waals surface area (Å²) in [4.78, 5) is 56.9. The van der Waals surface area contributed by atoms with E-state index in [-0.39, 0.29) is 39.5 Å². The molecule has 16 heteroatoms. The highest BCUT2D eigenvalue weighted by molar-refractivity contribution is 8.00. The zero-order chi connectivity index (χ0) is 36.0. The quantitative estimate of drug-likeness (QED) is 0.160. The molecule has 8 rings (SSSR count). The fraction of sp³-hybridized carbons (Fsp3) is 0.314. The Bertz CT molecular complexity index is 2130. The fourth-order valence-electron chi connectivity index (χ4n) is 8.48. The molecule has 3 heterocycles. The third-order valence-corrected chi connectivity index (χ3v) is 12.9. The first kappa shape index (κ1) is 33.6. The number of imide groups is 1. The lowest BCUT2D eigenvalue weighted by molar-refractivity contribution is -0.138. The summed E-state index contributed by atoms with van der Waals surface area (Å²) in [6.07, 6.45) is -8.91. The standard InChI is InChI=1S/C35H25F6N3O5S2/c36-34(37,38)19-5-1-3-7-21(19)42-23(45)14-49-16-11-9-15(10-12-16)24-25-17-13-18(28(25)50-30-29(24)51-33(48)43-30)27-26(17)31(46)44(32(27)47)22-8-4-2-6-20(22)35(39,40)41/h1-12,17-18,24-28H,13-14H2,(H,42,45)(H,43,48)/t17?,18?,24-,25?,26?,27?,28?/m1/s1. The molecule has 0 radical (unpaired) electrons. The van der Waals surface area contributed by atoms with E-state index in [9.17, 15) is 45.5 Å². The number of fused-ring (bicyclic) bond motifs is 9. The molecule has 264 valence electrons. The number of H-pyrrole nitrogens is 1. The van der Waals surface area contributed by atoms with Crippen LogP contribution in [0.1, 0.15) is 33.9 Å². The minimum absolute atomic E-state index is 0.201. The maximum Gasteiger partial charge on any atom is 0.418 e. The molecule has 4 aromatic rings. The maximum atomic E-state index is 14.0. The molecule has 2 saturated carbocycles. The third kappa shape index (κ3) is 5.53. The number of thioether (sulfide) groups is 1. The van der Waals surface area contributed by atoms with Crippen LogP contribution in [0, 0.1) is 29.6 Å². The van der Waals surface area contributed by atoms with Gasteiger partial charge < -0.3 is 15.0 Å². The van der Waals surface area contributed by atoms with Crippen molar-refractivity contribution in [3.63, 3.8) is 0 Å². The van der Waals surface area contributed by atoms with Crippen LogP contribution in [0.2, 0.25) is 0 Å². The highest BCUT2D eigenvalue weighted by Gasteiger charge is 2.70. The fourth-order valence-corrected chi connectivity index (χ4v) is 11.4. The highest BCUT2D eigenvalue weighted by Crippen LogP contribution is 2.69. The summed E-state index contributed by atoms with van der Waals surface area (Å²) in [5.74, 6) is -4.68. The Morgan fingerprint density at radius 3 is 2.16 bits per heavy atom. The minimum atomic E-state index is -4.78. The summed E-state index contributed by atoms with van der Waals surface area (Å²) >= 11 is 2.47. The van der Waals surface area contributed by atoms with Crippen LogP contribution in [-0.4, -0.2) is 34.6 Å². The van der Waals surface area contributed by atoms with Gasteiger partial charge in [0.15, 0.2) is 6.61 Å². The summed E-state index contributed by atoms with van der Waals surface area (Å²) in [5, 5.41) is 2.67. The number of hydrogen-bond acceptors (Lipinski definition) is 7. The number of alkyl halides is 6. The molecule has 7 atom stereocenters. The molecule has 3 amide bonds. The second-order valence-electron chi connectivity index (χ2n) is 12.9. The first-order valence-corrected chi connectivity index (χ1v) is 17.5. The lowest BCUT2D eigenvalue weighted by atomic mass is 9.68. The van der Waals surface area contributed by atoms with E-state index in [2.05, 4.69) is 10.3 Å². The molecule has 2 aliphatic heterocycles. The number of ether oxygens (including phenoxy) is 1. The second-order valence-corrected chi connectivity index (χ2v) is 15.1. The first-order chi connectivity index (χ1) is 24.2. The number of hydrogen-bond donors (Lipinski definition) is 2. The van der Waals surface area contributed by atoms with Crippen molar-refractivity contribution in [1.82, 2.24) is 4.98 Å². The number of carbonyl (C=O) groups excluding carboxylic acids is 3. The maximum absolute atomic E-state index is 14.0. The van der Waals surface area contributed by atoms with Crippen molar-refractivity contribution in [2.24, 2.45) is 29.6 Å². The Labute approximate surface area is 293 Å². The van der Waals surface area contributed by atoms with Gasteiger partial charge >= 0.3 is 17.2 Å². The Kier molecular flexibility index (Phi) is 7.90. The number of rotatable bonds is 6. The molecule has 3 fully saturated rings. The van der Waals surface area contributed by atoms with Crippen molar-refractivity contribution in [3.05, 3.63) is 104 Å². The van der Waals surface area contributed by atoms with Gasteiger partial charge in [0, 0.05) is 16.0 Å². The molecule has 4 aliphatic rings. The van der Waals surface area contributed by atoms with E-state index in [1.807, 2.05) is 0 Å². The second kappa shape index (κ2) is 12.0. The smallest absolute Gasteiger partial charge is 0.418 e. The largest absolute Gasteiger partial charge is 0.484 e. The molecule has 6 unspecified atom stereocenters. The number of amides is 3. The van der Waals surface area contributed by atoms with Gasteiger partial charge in [-0.2, -0.15) is 26.3 Å². The number of benzene rings is 3. The van der Waals surface area contributed by atoms with E-state index < -0.39 is 71.0 Å². The van der Waals surface area contributed by atoms with Gasteiger partial charge in [-0.05, 0) is 66.1 Å². The molecule has 1 saturated heterocycles. The highest BCUT2D eigenvalue weighted by atomic mass is 32.2. The van der Waals surface area contributed by atoms with E-state index in [0.717, 1.165) is 50.9 Å². The lowest BCUT2D eigenvalue weighted by Gasteiger charge is -2.43. The number of halogens is 6. The number of anilines is 2. The molecular weight excluding hydrogens is 721 g/mol. The predicted molar refractivity (Wildman–Crippen MR) is 174 cm³/mol. The van der Waals surface area contributed by atoms with Crippen molar-refractivity contribution in [3.8, 4) is 5.75 Å². The van der Waals surface area contributed by atoms with Gasteiger partial charge in [0.1, 0.15) is 5.75 Å². The zero-order valence-electron chi connectivity index (χ0n) is 26.0. The van der Waals surface area contributed by atoms with Gasteiger partial charge in [-0.15, -0.1) is 11.8 Å². The average Bonchev–Trinajstić information content (AvgIpc) is 3.82. The van der Waals surface area contributed by atoms with Gasteiger partial charge in [-0.3, -0.25) is 19.2 Å². The number of nitrogens with one attached hydrogen (secondary N) is 2. The average molecular weight is 746 g/mol. The van der Waals surface area contributed by atoms with Crippen molar-refractivity contribution in [2.45, 2.75) is 35.0 Å². The molecule has 8 nitrogen and oxygen atoms in total. The Morgan fingerprint density at radius 2 is 1.47 bits per heavy atom. The zero-order valence-corrected chi connectivity index (χ0v) is 27.6. The van der Waals surface area contributed by atoms with E-state index in [4.69, 9.17) is 4.74 Å². The van der Waals surface area contributed by atoms with Gasteiger partial charge in [-0.1, -0.05) is 47.7 Å².